The summed E-state index contributed by atoms with van der Waals surface area (Å²) in [5.41, 5.74) is -0.351. The van der Waals surface area contributed by atoms with Crippen molar-refractivity contribution in [3.8, 4) is 0 Å². The van der Waals surface area contributed by atoms with Crippen LogP contribution in [0, 0.1) is 17.8 Å². The van der Waals surface area contributed by atoms with Gasteiger partial charge in [-0.1, -0.05) is 52.0 Å². The number of piperazine rings is 1. The first kappa shape index (κ1) is 35.2. The van der Waals surface area contributed by atoms with Gasteiger partial charge in [0.15, 0.2) is 0 Å². The van der Waals surface area contributed by atoms with E-state index in [-0.39, 0.29) is 42.5 Å². The summed E-state index contributed by atoms with van der Waals surface area (Å²) in [6.07, 6.45) is 8.11. The molecule has 0 saturated carbocycles. The number of epoxide rings is 1. The second-order valence-electron chi connectivity index (χ2n) is 13.0. The highest BCUT2D eigenvalue weighted by atomic mass is 16.6. The van der Waals surface area contributed by atoms with Gasteiger partial charge in [-0.3, -0.25) is 4.79 Å². The third-order valence-electron chi connectivity index (χ3n) is 8.91. The smallest absolute Gasteiger partial charge is 0.410 e. The topological polar surface area (TPSA) is 141 Å². The number of ether oxygens (including phenoxy) is 3. The Hall–Kier alpha value is -2.24. The molecule has 3 aliphatic heterocycles. The number of nitrogens with zero attached hydrogens (tertiary/aromatic N) is 1. The highest BCUT2D eigenvalue weighted by Crippen LogP contribution is 2.37. The molecule has 43 heavy (non-hydrogen) atoms. The molecule has 1 unspecified atom stereocenters. The first-order valence-electron chi connectivity index (χ1n) is 15.9. The number of carbonyl (C=O) groups excluding carboxylic acids is 2. The predicted octanol–water partition coefficient (Wildman–Crippen LogP) is 3.50. The minimum atomic E-state index is -1.12. The molecular weight excluding hydrogens is 552 g/mol. The molecule has 0 aromatic rings. The van der Waals surface area contributed by atoms with Crippen LogP contribution in [0.15, 0.2) is 36.0 Å². The Balaban J connectivity index is 1.70. The highest BCUT2D eigenvalue weighted by Gasteiger charge is 2.47. The van der Waals surface area contributed by atoms with Crippen LogP contribution in [0.25, 0.3) is 0 Å². The fraction of sp³-hybridized carbons (Fsp3) is 0.758. The van der Waals surface area contributed by atoms with Gasteiger partial charge in [-0.05, 0) is 50.7 Å². The molecule has 1 amide bonds. The summed E-state index contributed by atoms with van der Waals surface area (Å²) in [6, 6.07) is 0. The van der Waals surface area contributed by atoms with E-state index in [1.807, 2.05) is 52.8 Å². The zero-order valence-electron chi connectivity index (χ0n) is 26.8. The molecule has 3 rings (SSSR count). The van der Waals surface area contributed by atoms with Crippen molar-refractivity contribution in [2.24, 2.45) is 17.8 Å². The van der Waals surface area contributed by atoms with E-state index in [0.29, 0.717) is 38.8 Å². The lowest BCUT2D eigenvalue weighted by molar-refractivity contribution is -0.151. The average Bonchev–Trinajstić information content (AvgIpc) is 3.73. The number of aliphatic hydroxyl groups is 3. The Bertz CT molecular complexity index is 1000. The number of nitrogens with one attached hydrogen (secondary N) is 1. The van der Waals surface area contributed by atoms with Gasteiger partial charge in [0.05, 0.1) is 36.4 Å². The van der Waals surface area contributed by atoms with Crippen molar-refractivity contribution in [1.29, 1.82) is 0 Å². The van der Waals surface area contributed by atoms with Gasteiger partial charge < -0.3 is 39.7 Å². The zero-order chi connectivity index (χ0) is 31.7. The van der Waals surface area contributed by atoms with Crippen molar-refractivity contribution in [1.82, 2.24) is 10.2 Å². The summed E-state index contributed by atoms with van der Waals surface area (Å²) in [6.45, 7) is 14.1. The van der Waals surface area contributed by atoms with E-state index in [2.05, 4.69) is 5.32 Å². The van der Waals surface area contributed by atoms with Crippen molar-refractivity contribution in [2.75, 3.05) is 26.2 Å². The van der Waals surface area contributed by atoms with Crippen LogP contribution < -0.4 is 5.32 Å². The molecule has 0 spiro atoms. The Morgan fingerprint density at radius 1 is 1.26 bits per heavy atom. The standard InChI is InChI=1S/C33H54N2O8/c1-7-26(37)24(5)31-28(41-31)20-33(6,40)14-8-9-22(3)30-23(4)11-13-27(42-32(39)35-17-15-34-16-18-35)21(2)10-12-25(36)19-29(38)43-30/h8-9,11,13-14,21,23-28,30-31,34,36-37,40H,7,10,12,15-20H2,1-6H3/b13-11+,14-8+,22-9+/t21-,23-,24+,25+,26-,27-,28+,30?,31+,33-/m0/s1. The molecule has 0 bridgehead atoms. The second-order valence-corrected chi connectivity index (χ2v) is 13.0. The minimum Gasteiger partial charge on any atom is -0.457 e. The van der Waals surface area contributed by atoms with Gasteiger partial charge in [-0.15, -0.1) is 0 Å². The number of cyclic esters (lactones) is 1. The quantitative estimate of drug-likeness (QED) is 0.134. The number of aliphatic hydroxyl groups excluding tert-OH is 2. The number of hydrogen-bond acceptors (Lipinski definition) is 9. The maximum Gasteiger partial charge on any atom is 0.410 e. The van der Waals surface area contributed by atoms with Crippen LogP contribution in [0.2, 0.25) is 0 Å². The predicted molar refractivity (Wildman–Crippen MR) is 164 cm³/mol. The van der Waals surface area contributed by atoms with Gasteiger partial charge in [-0.2, -0.15) is 0 Å². The SMILES string of the molecule is CC[C@H](O)[C@@H](C)[C@H]1O[C@@H]1C[C@@](C)(O)/C=C/C=C(\C)C1OC(=O)C[C@H](O)CC[C@H](C)[C@@H](OC(=O)N2CCNCC2)/C=C/[C@@H]1C. The summed E-state index contributed by atoms with van der Waals surface area (Å²) in [4.78, 5) is 27.3. The van der Waals surface area contributed by atoms with Crippen LogP contribution in [0.4, 0.5) is 4.79 Å². The minimum absolute atomic E-state index is 0.00827. The van der Waals surface area contributed by atoms with E-state index in [0.717, 1.165) is 18.7 Å². The van der Waals surface area contributed by atoms with Crippen LogP contribution in [0.5, 0.6) is 0 Å². The number of rotatable bonds is 9. The molecule has 3 aliphatic rings. The lowest BCUT2D eigenvalue weighted by atomic mass is 9.91. The van der Waals surface area contributed by atoms with Crippen molar-refractivity contribution < 1.29 is 39.1 Å². The van der Waals surface area contributed by atoms with Crippen LogP contribution in [0.1, 0.15) is 73.6 Å². The van der Waals surface area contributed by atoms with E-state index < -0.39 is 36.0 Å². The Morgan fingerprint density at radius 3 is 2.63 bits per heavy atom. The van der Waals surface area contributed by atoms with Gasteiger partial charge >= 0.3 is 12.1 Å². The van der Waals surface area contributed by atoms with Gasteiger partial charge in [0.1, 0.15) is 12.2 Å². The van der Waals surface area contributed by atoms with Crippen molar-refractivity contribution in [3.05, 3.63) is 36.0 Å². The van der Waals surface area contributed by atoms with Crippen molar-refractivity contribution >= 4 is 12.1 Å². The van der Waals surface area contributed by atoms with Crippen LogP contribution in [0.3, 0.4) is 0 Å². The Labute approximate surface area is 257 Å². The lowest BCUT2D eigenvalue weighted by Crippen LogP contribution is -2.47. The number of esters is 1. The summed E-state index contributed by atoms with van der Waals surface area (Å²) >= 11 is 0. The number of carbonyl (C=O) groups is 2. The first-order valence-corrected chi connectivity index (χ1v) is 15.9. The van der Waals surface area contributed by atoms with E-state index in [9.17, 15) is 24.9 Å². The average molecular weight is 607 g/mol. The number of amides is 1. The molecule has 244 valence electrons. The molecule has 0 aromatic heterocycles. The molecular formula is C33H54N2O8. The zero-order valence-corrected chi connectivity index (χ0v) is 26.8. The molecule has 10 atom stereocenters. The Kier molecular flexibility index (Phi) is 13.3. The maximum atomic E-state index is 12.9. The van der Waals surface area contributed by atoms with Gasteiger partial charge in [0, 0.05) is 44.4 Å². The van der Waals surface area contributed by atoms with E-state index >= 15 is 0 Å². The maximum absolute atomic E-state index is 12.9. The second kappa shape index (κ2) is 16.2. The molecule has 10 heteroatoms. The molecule has 0 aromatic carbocycles. The lowest BCUT2D eigenvalue weighted by Gasteiger charge is -2.31. The first-order chi connectivity index (χ1) is 20.3. The van der Waals surface area contributed by atoms with Gasteiger partial charge in [0.25, 0.3) is 0 Å². The monoisotopic (exact) mass is 606 g/mol. The number of hydrogen-bond donors (Lipinski definition) is 4. The Morgan fingerprint density at radius 2 is 1.95 bits per heavy atom. The van der Waals surface area contributed by atoms with Gasteiger partial charge in [0.2, 0.25) is 0 Å². The van der Waals surface area contributed by atoms with Crippen LogP contribution >= 0.6 is 0 Å². The van der Waals surface area contributed by atoms with Crippen molar-refractivity contribution in [2.45, 2.75) is 116 Å². The molecule has 10 nitrogen and oxygen atoms in total. The van der Waals surface area contributed by atoms with Crippen LogP contribution in [-0.2, 0) is 19.0 Å². The number of allylic oxidation sites excluding steroid dienone is 2. The highest BCUT2D eigenvalue weighted by molar-refractivity contribution is 5.70. The largest absolute Gasteiger partial charge is 0.457 e. The fourth-order valence-electron chi connectivity index (χ4n) is 5.84. The summed E-state index contributed by atoms with van der Waals surface area (Å²) in [7, 11) is 0. The molecule has 4 N–H and O–H groups in total. The summed E-state index contributed by atoms with van der Waals surface area (Å²) < 4.78 is 17.5. The third-order valence-corrected chi connectivity index (χ3v) is 8.91. The van der Waals surface area contributed by atoms with E-state index in [1.54, 1.807) is 24.0 Å². The van der Waals surface area contributed by atoms with E-state index in [4.69, 9.17) is 14.2 Å². The molecule has 0 radical (unpaired) electrons. The molecule has 2 fully saturated rings. The molecule has 0 aliphatic carbocycles. The molecule has 2 saturated heterocycles. The van der Waals surface area contributed by atoms with E-state index in [1.165, 1.54) is 0 Å². The fourth-order valence-corrected chi connectivity index (χ4v) is 5.84. The van der Waals surface area contributed by atoms with Gasteiger partial charge in [-0.25, -0.2) is 4.79 Å². The summed E-state index contributed by atoms with van der Waals surface area (Å²) in [5, 5.41) is 34.8. The normalized spacial score (nSPS) is 34.7. The summed E-state index contributed by atoms with van der Waals surface area (Å²) in [5.74, 6) is -0.764. The van der Waals surface area contributed by atoms with Crippen molar-refractivity contribution in [3.63, 3.8) is 0 Å². The molecule has 3 heterocycles. The van der Waals surface area contributed by atoms with Crippen LogP contribution in [-0.4, -0.2) is 101 Å². The third kappa shape index (κ3) is 11.0.